The number of benzene rings is 5. The van der Waals surface area contributed by atoms with Gasteiger partial charge in [0.1, 0.15) is 5.82 Å². The molecule has 0 amide bonds. The van der Waals surface area contributed by atoms with Crippen LogP contribution in [0.3, 0.4) is 0 Å². The number of nitrogens with zero attached hydrogens (tertiary/aromatic N) is 2. The molecule has 1 radical (unpaired) electrons. The first kappa shape index (κ1) is 36.9. The van der Waals surface area contributed by atoms with Crippen LogP contribution in [0.25, 0.3) is 53.8 Å². The smallest absolute Gasteiger partial charge is 0 e. The third-order valence-corrected chi connectivity index (χ3v) is 16.8. The van der Waals surface area contributed by atoms with Crippen LogP contribution in [0.4, 0.5) is 4.39 Å². The van der Waals surface area contributed by atoms with E-state index in [4.69, 9.17) is 2.74 Å². The second-order valence-electron chi connectivity index (χ2n) is 15.3. The topological polar surface area (TPSA) is 25.8 Å². The Balaban J connectivity index is 0.000000263. The van der Waals surface area contributed by atoms with Gasteiger partial charge in [-0.3, -0.25) is 0 Å². The average Bonchev–Trinajstić information content (AvgIpc) is 3.56. The maximum Gasteiger partial charge on any atom is 0 e. The fraction of sp³-hybridized carbons (Fsp3) is 0.149. The Kier molecular flexibility index (Phi) is 11.5. The molecule has 0 saturated carbocycles. The zero-order valence-electron chi connectivity index (χ0n) is 33.3. The summed E-state index contributed by atoms with van der Waals surface area (Å²) in [6.45, 7) is 6.87. The van der Waals surface area contributed by atoms with Crippen LogP contribution < -0.4 is 9.58 Å². The number of halogens is 1. The van der Waals surface area contributed by atoms with E-state index < -0.39 is 27.7 Å². The van der Waals surface area contributed by atoms with Crippen LogP contribution in [-0.2, 0) is 26.5 Å². The largest absolute Gasteiger partial charge is 0 e. The van der Waals surface area contributed by atoms with Gasteiger partial charge in [0.25, 0.3) is 0 Å². The summed E-state index contributed by atoms with van der Waals surface area (Å²) in [5, 5.41) is 3.54. The number of hydrogen-bond donors (Lipinski definition) is 0. The van der Waals surface area contributed by atoms with Crippen molar-refractivity contribution in [2.45, 2.75) is 43.3 Å². The summed E-state index contributed by atoms with van der Waals surface area (Å²) in [5.74, 6) is 6.89. The number of pyridine rings is 2. The van der Waals surface area contributed by atoms with Gasteiger partial charge in [-0.1, -0.05) is 84.8 Å². The maximum absolute atomic E-state index is 13.8. The molecule has 8 rings (SSSR count). The third-order valence-electron chi connectivity index (χ3n) is 9.26. The minimum Gasteiger partial charge on any atom is 0 e. The van der Waals surface area contributed by atoms with Gasteiger partial charge in [-0.15, -0.1) is 23.8 Å². The second kappa shape index (κ2) is 16.8. The molecule has 0 unspecified atom stereocenters. The molecule has 0 aliphatic rings. The molecule has 0 bridgehead atoms. The van der Waals surface area contributed by atoms with Crippen LogP contribution in [0.15, 0.2) is 140 Å². The van der Waals surface area contributed by atoms with Crippen molar-refractivity contribution in [1.82, 2.24) is 9.97 Å². The summed E-state index contributed by atoms with van der Waals surface area (Å²) in [7, 11) is -1.47. The number of fused-ring (bicyclic) bond motifs is 3. The molecule has 0 aliphatic carbocycles. The molecule has 0 fully saturated rings. The summed E-state index contributed by atoms with van der Waals surface area (Å²) >= 11 is -0.0610. The van der Waals surface area contributed by atoms with E-state index in [0.717, 1.165) is 48.1 Å². The fourth-order valence-electron chi connectivity index (χ4n) is 6.19. The van der Waals surface area contributed by atoms with Crippen molar-refractivity contribution in [3.05, 3.63) is 169 Å². The molecule has 7 heteroatoms. The van der Waals surface area contributed by atoms with E-state index in [1.807, 2.05) is 66.9 Å². The number of aromatic nitrogens is 2. The minimum absolute atomic E-state index is 0. The molecule has 2 nitrogen and oxygen atoms in total. The van der Waals surface area contributed by atoms with Crippen molar-refractivity contribution in [2.75, 3.05) is 0 Å². The van der Waals surface area contributed by atoms with Crippen molar-refractivity contribution in [2.24, 2.45) is 0 Å². The Morgan fingerprint density at radius 1 is 0.722 bits per heavy atom. The van der Waals surface area contributed by atoms with Crippen LogP contribution >= 0.6 is 11.3 Å². The molecule has 54 heavy (non-hydrogen) atoms. The molecular weight excluding hydrogens is 937 g/mol. The predicted octanol–water partition coefficient (Wildman–Crippen LogP) is 12.0. The van der Waals surface area contributed by atoms with Crippen molar-refractivity contribution < 1.29 is 27.2 Å². The molecule has 3 aromatic heterocycles. The van der Waals surface area contributed by atoms with Crippen molar-refractivity contribution in [3.63, 3.8) is 0 Å². The molecule has 0 saturated heterocycles. The van der Waals surface area contributed by atoms with Gasteiger partial charge in [0.15, 0.2) is 0 Å². The van der Waals surface area contributed by atoms with Gasteiger partial charge in [-0.25, -0.2) is 4.39 Å². The molecule has 3 heterocycles. The fourth-order valence-corrected chi connectivity index (χ4v) is 10.8. The second-order valence-corrected chi connectivity index (χ2v) is 32.0. The first-order valence-corrected chi connectivity index (χ1v) is 29.5. The van der Waals surface area contributed by atoms with Gasteiger partial charge < -0.3 is 4.98 Å². The molecule has 0 N–H and O–H groups in total. The summed E-state index contributed by atoms with van der Waals surface area (Å²) in [6, 6.07) is 47.3. The SMILES string of the molecule is [2H]C([2H])(c1ccc([Si](C)(C)C)cc1)c1ccnc(-c2[c-]ccc3c2sc2cc(-c4cccc(F)c4)ccc23)c1.[CH3][Ge]([CH3])([CH3])[c]1ccc(-c2[c-]cccc2)nc1.[Ir]. The molecule has 5 aromatic carbocycles. The van der Waals surface area contributed by atoms with E-state index in [9.17, 15) is 4.39 Å². The Morgan fingerprint density at radius 2 is 1.52 bits per heavy atom. The minimum atomic E-state index is -1.72. The van der Waals surface area contributed by atoms with Gasteiger partial charge in [-0.2, -0.15) is 11.3 Å². The van der Waals surface area contributed by atoms with E-state index in [-0.39, 0.29) is 25.9 Å². The van der Waals surface area contributed by atoms with Gasteiger partial charge in [0.2, 0.25) is 0 Å². The zero-order chi connectivity index (χ0) is 39.0. The Morgan fingerprint density at radius 3 is 2.20 bits per heavy atom. The Bertz CT molecular complexity index is 2600. The van der Waals surface area contributed by atoms with Crippen molar-refractivity contribution in [1.29, 1.82) is 0 Å². The van der Waals surface area contributed by atoms with Crippen molar-refractivity contribution >= 4 is 62.4 Å². The summed E-state index contributed by atoms with van der Waals surface area (Å²) in [5.41, 5.74) is 6.63. The molecular formula is C47H43FGeIrN2SSi-2. The number of thiophene rings is 1. The van der Waals surface area contributed by atoms with Crippen LogP contribution in [0.5, 0.6) is 0 Å². The first-order chi connectivity index (χ1) is 26.2. The molecule has 273 valence electrons. The standard InChI is InChI=1S/C33H27FNSSi.C14H16GeN.Ir/c1-37(2,3)27-13-10-22(11-14-27)18-23-16-17-35-31(19-23)30-9-5-8-29-28-15-12-25(21-32(28)36-33(29)30)24-6-4-7-26(34)20-24;1-15(2,3)13-9-10-14(16-11-13)12-7-5-4-6-8-12;/h4-8,10-17,19-21H,18H2,1-3H3;4-7,9-11H,1-3H3;/q2*-1;/i18D2;;. The molecule has 0 aliphatic heterocycles. The predicted molar refractivity (Wildman–Crippen MR) is 231 cm³/mol. The molecule has 0 atom stereocenters. The van der Waals surface area contributed by atoms with Gasteiger partial charge in [-0.05, 0) is 68.7 Å². The monoisotopic (exact) mass is 983 g/mol. The molecule has 0 spiro atoms. The molecule has 8 aromatic rings. The summed E-state index contributed by atoms with van der Waals surface area (Å²) in [4.78, 5) is 9.16. The van der Waals surface area contributed by atoms with Gasteiger partial charge >= 0.3 is 99.8 Å². The third kappa shape index (κ3) is 9.24. The van der Waals surface area contributed by atoms with E-state index in [2.05, 4.69) is 101 Å². The van der Waals surface area contributed by atoms with E-state index in [0.29, 0.717) is 16.8 Å². The maximum atomic E-state index is 13.8. The van der Waals surface area contributed by atoms with Crippen LogP contribution in [-0.4, -0.2) is 31.3 Å². The van der Waals surface area contributed by atoms with E-state index in [1.54, 1.807) is 35.7 Å². The Labute approximate surface area is 343 Å². The summed E-state index contributed by atoms with van der Waals surface area (Å²) < 4.78 is 35.4. The normalized spacial score (nSPS) is 12.4. The quantitative estimate of drug-likeness (QED) is 0.117. The average molecular weight is 982 g/mol. The van der Waals surface area contributed by atoms with E-state index >= 15 is 0 Å². The first-order valence-electron chi connectivity index (χ1n) is 18.8. The van der Waals surface area contributed by atoms with Gasteiger partial charge in [0, 0.05) is 33.7 Å². The van der Waals surface area contributed by atoms with E-state index in [1.165, 1.54) is 15.6 Å². The Hall–Kier alpha value is -4.04. The van der Waals surface area contributed by atoms with Crippen LogP contribution in [0, 0.1) is 17.9 Å². The van der Waals surface area contributed by atoms with Crippen LogP contribution in [0.1, 0.15) is 13.9 Å². The zero-order valence-corrected chi connectivity index (χ0v) is 37.6. The number of hydrogen-bond acceptors (Lipinski definition) is 3. The van der Waals surface area contributed by atoms with Crippen molar-refractivity contribution in [3.8, 4) is 33.6 Å². The van der Waals surface area contributed by atoms with Gasteiger partial charge in [0.05, 0.1) is 8.07 Å². The number of rotatable bonds is 7. The summed E-state index contributed by atoms with van der Waals surface area (Å²) in [6.07, 6.45) is 2.06. The van der Waals surface area contributed by atoms with Crippen LogP contribution in [0.2, 0.25) is 36.9 Å².